The lowest BCUT2D eigenvalue weighted by Crippen LogP contribution is -2.49. The average molecular weight is 483 g/mol. The van der Waals surface area contributed by atoms with Gasteiger partial charge in [0.25, 0.3) is 0 Å². The summed E-state index contributed by atoms with van der Waals surface area (Å²) in [5.74, 6) is 1.13. The third-order valence-corrected chi connectivity index (χ3v) is 6.30. The zero-order valence-corrected chi connectivity index (χ0v) is 20.5. The van der Waals surface area contributed by atoms with Crippen molar-refractivity contribution in [3.63, 3.8) is 0 Å². The Hall–Kier alpha value is -1.89. The lowest BCUT2D eigenvalue weighted by Gasteiger charge is -2.29. The highest BCUT2D eigenvalue weighted by Gasteiger charge is 2.26. The fraction of sp³-hybridized carbons (Fsp3) is 0.391. The van der Waals surface area contributed by atoms with E-state index in [9.17, 15) is 9.59 Å². The number of ether oxygens (including phenoxy) is 1. The van der Waals surface area contributed by atoms with E-state index < -0.39 is 6.04 Å². The molecule has 0 fully saturated rings. The Morgan fingerprint density at radius 3 is 2.23 bits per heavy atom. The minimum atomic E-state index is -0.610. The topological polar surface area (TPSA) is 58.6 Å². The van der Waals surface area contributed by atoms with E-state index in [0.29, 0.717) is 22.3 Å². The Morgan fingerprint density at radius 2 is 1.68 bits per heavy atom. The molecule has 31 heavy (non-hydrogen) atoms. The number of hydrogen-bond donors (Lipinski definition) is 1. The summed E-state index contributed by atoms with van der Waals surface area (Å²) in [5.41, 5.74) is 1.72. The maximum absolute atomic E-state index is 13.1. The van der Waals surface area contributed by atoms with Crippen molar-refractivity contribution in [2.45, 2.75) is 45.2 Å². The lowest BCUT2D eigenvalue weighted by molar-refractivity contribution is -0.138. The molecule has 0 aliphatic heterocycles. The van der Waals surface area contributed by atoms with Crippen LogP contribution in [0.2, 0.25) is 10.0 Å². The van der Waals surface area contributed by atoms with Gasteiger partial charge in [-0.05, 0) is 56.2 Å². The van der Waals surface area contributed by atoms with Gasteiger partial charge in [-0.1, -0.05) is 41.4 Å². The minimum Gasteiger partial charge on any atom is -0.497 e. The first-order valence-electron chi connectivity index (χ1n) is 9.96. The number of carbonyl (C=O) groups is 2. The minimum absolute atomic E-state index is 0.00960. The van der Waals surface area contributed by atoms with Gasteiger partial charge in [0.2, 0.25) is 11.8 Å². The Morgan fingerprint density at radius 1 is 1.06 bits per heavy atom. The van der Waals surface area contributed by atoms with Crippen LogP contribution >= 0.6 is 35.0 Å². The zero-order chi connectivity index (χ0) is 23.0. The molecule has 0 radical (unpaired) electrons. The van der Waals surface area contributed by atoms with Crippen molar-refractivity contribution in [1.82, 2.24) is 10.2 Å². The van der Waals surface area contributed by atoms with E-state index in [4.69, 9.17) is 27.9 Å². The monoisotopic (exact) mass is 482 g/mol. The number of methoxy groups -OCH3 is 1. The number of nitrogens with zero attached hydrogens (tertiary/aromatic N) is 1. The molecule has 0 saturated heterocycles. The quantitative estimate of drug-likeness (QED) is 0.506. The van der Waals surface area contributed by atoms with Crippen LogP contribution in [-0.4, -0.2) is 41.7 Å². The second kappa shape index (κ2) is 12.2. The summed E-state index contributed by atoms with van der Waals surface area (Å²) in [4.78, 5) is 27.3. The van der Waals surface area contributed by atoms with Crippen LogP contribution in [0.1, 0.15) is 31.9 Å². The SMILES string of the molecule is COc1ccc(CN(C(=O)CSCc2c(Cl)cccc2Cl)[C@H](C)C(=O)NC(C)C)cc1. The highest BCUT2D eigenvalue weighted by Crippen LogP contribution is 2.28. The van der Waals surface area contributed by atoms with Crippen LogP contribution in [0.15, 0.2) is 42.5 Å². The number of amides is 2. The Balaban J connectivity index is 2.11. The summed E-state index contributed by atoms with van der Waals surface area (Å²) < 4.78 is 5.20. The normalized spacial score (nSPS) is 11.8. The molecule has 1 atom stereocenters. The molecule has 8 heteroatoms. The van der Waals surface area contributed by atoms with Crippen LogP contribution in [0.5, 0.6) is 5.75 Å². The van der Waals surface area contributed by atoms with Crippen molar-refractivity contribution < 1.29 is 14.3 Å². The first-order valence-corrected chi connectivity index (χ1v) is 11.9. The molecule has 0 unspecified atom stereocenters. The second-order valence-electron chi connectivity index (χ2n) is 7.40. The first kappa shape index (κ1) is 25.4. The largest absolute Gasteiger partial charge is 0.497 e. The Kier molecular flexibility index (Phi) is 10.0. The molecule has 0 aliphatic rings. The van der Waals surface area contributed by atoms with E-state index in [1.54, 1.807) is 37.1 Å². The van der Waals surface area contributed by atoms with Gasteiger partial charge >= 0.3 is 0 Å². The zero-order valence-electron chi connectivity index (χ0n) is 18.2. The van der Waals surface area contributed by atoms with Crippen molar-refractivity contribution >= 4 is 46.8 Å². The van der Waals surface area contributed by atoms with Crippen LogP contribution in [0.3, 0.4) is 0 Å². The summed E-state index contributed by atoms with van der Waals surface area (Å²) in [6, 6.07) is 12.2. The third-order valence-electron chi connectivity index (χ3n) is 4.64. The molecule has 2 aromatic rings. The van der Waals surface area contributed by atoms with Crippen molar-refractivity contribution in [3.8, 4) is 5.75 Å². The average Bonchev–Trinajstić information content (AvgIpc) is 2.73. The molecule has 168 valence electrons. The number of thioether (sulfide) groups is 1. The number of rotatable bonds is 10. The highest BCUT2D eigenvalue weighted by atomic mass is 35.5. The van der Waals surface area contributed by atoms with Crippen molar-refractivity contribution in [2.75, 3.05) is 12.9 Å². The first-order chi connectivity index (χ1) is 14.7. The van der Waals surface area contributed by atoms with Crippen molar-refractivity contribution in [3.05, 3.63) is 63.6 Å². The molecule has 0 heterocycles. The van der Waals surface area contributed by atoms with Gasteiger partial charge < -0.3 is 15.0 Å². The number of benzene rings is 2. The molecular weight excluding hydrogens is 455 g/mol. The fourth-order valence-electron chi connectivity index (χ4n) is 2.91. The maximum Gasteiger partial charge on any atom is 0.242 e. The molecule has 2 rings (SSSR count). The molecule has 0 saturated carbocycles. The van der Waals surface area contributed by atoms with Gasteiger partial charge in [-0.25, -0.2) is 0 Å². The summed E-state index contributed by atoms with van der Waals surface area (Å²) >= 11 is 13.9. The molecule has 2 aromatic carbocycles. The van der Waals surface area contributed by atoms with Gasteiger partial charge in [0.05, 0.1) is 12.9 Å². The predicted molar refractivity (Wildman–Crippen MR) is 129 cm³/mol. The molecule has 0 aliphatic carbocycles. The summed E-state index contributed by atoms with van der Waals surface area (Å²) in [6.45, 7) is 5.85. The number of carbonyl (C=O) groups excluding carboxylic acids is 2. The van der Waals surface area contributed by atoms with E-state index in [0.717, 1.165) is 16.9 Å². The van der Waals surface area contributed by atoms with Gasteiger partial charge in [0.15, 0.2) is 0 Å². The smallest absolute Gasteiger partial charge is 0.242 e. The molecule has 2 amide bonds. The van der Waals surface area contributed by atoms with Gasteiger partial charge in [-0.15, -0.1) is 11.8 Å². The van der Waals surface area contributed by atoms with E-state index >= 15 is 0 Å². The van der Waals surface area contributed by atoms with Crippen molar-refractivity contribution in [1.29, 1.82) is 0 Å². The van der Waals surface area contributed by atoms with E-state index in [1.807, 2.05) is 38.1 Å². The van der Waals surface area contributed by atoms with E-state index in [2.05, 4.69) is 5.32 Å². The molecular formula is C23H28Cl2N2O3S. The Labute approximate surface area is 198 Å². The molecule has 0 bridgehead atoms. The van der Waals surface area contributed by atoms with Gasteiger partial charge in [-0.3, -0.25) is 9.59 Å². The van der Waals surface area contributed by atoms with Gasteiger partial charge in [0, 0.05) is 28.4 Å². The van der Waals surface area contributed by atoms with E-state index in [-0.39, 0.29) is 23.6 Å². The maximum atomic E-state index is 13.1. The van der Waals surface area contributed by atoms with Gasteiger partial charge in [0.1, 0.15) is 11.8 Å². The second-order valence-corrected chi connectivity index (χ2v) is 9.20. The molecule has 0 spiro atoms. The van der Waals surface area contributed by atoms with Crippen molar-refractivity contribution in [2.24, 2.45) is 0 Å². The third kappa shape index (κ3) is 7.63. The number of hydrogen-bond acceptors (Lipinski definition) is 4. The van der Waals surface area contributed by atoms with E-state index in [1.165, 1.54) is 11.8 Å². The standard InChI is InChI=1S/C23H28Cl2N2O3S/c1-15(2)26-23(29)16(3)27(12-17-8-10-18(30-4)11-9-17)22(28)14-31-13-19-20(24)6-5-7-21(19)25/h5-11,15-16H,12-14H2,1-4H3,(H,26,29)/t16-/m1/s1. The summed E-state index contributed by atoms with van der Waals surface area (Å²) in [6.07, 6.45) is 0. The number of halogens is 2. The van der Waals surface area contributed by atoms with Gasteiger partial charge in [-0.2, -0.15) is 0 Å². The predicted octanol–water partition coefficient (Wildman–Crippen LogP) is 5.18. The number of nitrogens with one attached hydrogen (secondary N) is 1. The lowest BCUT2D eigenvalue weighted by atomic mass is 10.1. The van der Waals surface area contributed by atoms with Crippen LogP contribution < -0.4 is 10.1 Å². The fourth-order valence-corrected chi connectivity index (χ4v) is 4.56. The molecule has 1 N–H and O–H groups in total. The summed E-state index contributed by atoms with van der Waals surface area (Å²) in [7, 11) is 1.60. The van der Waals surface area contributed by atoms with Crippen LogP contribution in [0.25, 0.3) is 0 Å². The Bertz CT molecular complexity index is 871. The molecule has 5 nitrogen and oxygen atoms in total. The summed E-state index contributed by atoms with van der Waals surface area (Å²) in [5, 5.41) is 4.04. The van der Waals surface area contributed by atoms with Crippen LogP contribution in [-0.2, 0) is 21.9 Å². The van der Waals surface area contributed by atoms with Crippen LogP contribution in [0.4, 0.5) is 0 Å². The molecule has 0 aromatic heterocycles. The highest BCUT2D eigenvalue weighted by molar-refractivity contribution is 7.99. The van der Waals surface area contributed by atoms with Crippen LogP contribution in [0, 0.1) is 0 Å².